The normalized spacial score (nSPS) is 13.2. The summed E-state index contributed by atoms with van der Waals surface area (Å²) in [5.74, 6) is 0.206. The lowest BCUT2D eigenvalue weighted by molar-refractivity contribution is 0.623. The minimum Gasteiger partial charge on any atom is -0.382 e. The summed E-state index contributed by atoms with van der Waals surface area (Å²) in [7, 11) is 0. The molecule has 1 heterocycles. The van der Waals surface area contributed by atoms with Crippen molar-refractivity contribution in [3.63, 3.8) is 0 Å². The van der Waals surface area contributed by atoms with Crippen LogP contribution in [0.4, 0.5) is 0 Å². The third-order valence-electron chi connectivity index (χ3n) is 2.37. The Morgan fingerprint density at radius 1 is 1.69 bits per heavy atom. The van der Waals surface area contributed by atoms with Gasteiger partial charge < -0.3 is 11.5 Å². The maximum atomic E-state index is 7.49. The minimum atomic E-state index is 0.00197. The second-order valence-electron chi connectivity index (χ2n) is 3.71. The Morgan fingerprint density at radius 3 is 2.88 bits per heavy atom. The molecule has 0 aliphatic carbocycles. The largest absolute Gasteiger partial charge is 0.382 e. The van der Waals surface area contributed by atoms with Crippen molar-refractivity contribution < 1.29 is 0 Å². The fourth-order valence-corrected chi connectivity index (χ4v) is 1.62. The van der Waals surface area contributed by atoms with Crippen molar-refractivity contribution in [2.45, 2.75) is 26.3 Å². The molecule has 1 aromatic rings. The monoisotopic (exact) mass is 221 g/mol. The number of nitrogens with two attached hydrogens (primary N) is 2. The molecule has 5 heteroatoms. The number of nitrogen functional groups attached to an aromatic ring is 1. The SMILES string of the molecule is C/C=C\C(C)c1cn(CCN)nc1C(=N)N. The molecule has 0 spiro atoms. The number of hydrogen-bond acceptors (Lipinski definition) is 3. The minimum absolute atomic E-state index is 0.00197. The molecule has 0 saturated carbocycles. The van der Waals surface area contributed by atoms with E-state index in [2.05, 4.69) is 18.1 Å². The number of rotatable bonds is 5. The van der Waals surface area contributed by atoms with Crippen molar-refractivity contribution in [3.05, 3.63) is 29.6 Å². The van der Waals surface area contributed by atoms with Crippen LogP contribution in [0.1, 0.15) is 31.0 Å². The van der Waals surface area contributed by atoms with Crippen molar-refractivity contribution >= 4 is 5.84 Å². The van der Waals surface area contributed by atoms with Crippen LogP contribution in [0.3, 0.4) is 0 Å². The Bertz CT molecular complexity index is 391. The van der Waals surface area contributed by atoms with Gasteiger partial charge in [0.05, 0.1) is 6.54 Å². The van der Waals surface area contributed by atoms with Crippen molar-refractivity contribution in [3.8, 4) is 0 Å². The van der Waals surface area contributed by atoms with Crippen LogP contribution in [0, 0.1) is 5.41 Å². The maximum Gasteiger partial charge on any atom is 0.144 e. The molecule has 1 unspecified atom stereocenters. The second-order valence-corrected chi connectivity index (χ2v) is 3.71. The van der Waals surface area contributed by atoms with Crippen molar-refractivity contribution in [2.75, 3.05) is 6.54 Å². The summed E-state index contributed by atoms with van der Waals surface area (Å²) >= 11 is 0. The molecule has 1 rings (SSSR count). The molecule has 88 valence electrons. The molecule has 0 radical (unpaired) electrons. The van der Waals surface area contributed by atoms with Crippen LogP contribution in [0.15, 0.2) is 18.3 Å². The molecule has 5 N–H and O–H groups in total. The van der Waals surface area contributed by atoms with E-state index in [0.717, 1.165) is 5.56 Å². The van der Waals surface area contributed by atoms with Gasteiger partial charge in [-0.2, -0.15) is 5.10 Å². The van der Waals surface area contributed by atoms with Crippen molar-refractivity contribution in [1.29, 1.82) is 5.41 Å². The summed E-state index contributed by atoms with van der Waals surface area (Å²) in [6, 6.07) is 0. The molecule has 0 amide bonds. The van der Waals surface area contributed by atoms with E-state index in [1.165, 1.54) is 0 Å². The summed E-state index contributed by atoms with van der Waals surface area (Å²) in [6.07, 6.45) is 5.94. The number of amidine groups is 1. The third kappa shape index (κ3) is 2.70. The quantitative estimate of drug-likeness (QED) is 0.390. The first kappa shape index (κ1) is 12.4. The van der Waals surface area contributed by atoms with Gasteiger partial charge in [0.25, 0.3) is 0 Å². The molecule has 0 saturated heterocycles. The lowest BCUT2D eigenvalue weighted by atomic mass is 10.0. The first-order chi connectivity index (χ1) is 7.60. The van der Waals surface area contributed by atoms with Crippen LogP contribution in [0.5, 0.6) is 0 Å². The molecule has 0 aliphatic heterocycles. The van der Waals surface area contributed by atoms with Gasteiger partial charge in [-0.05, 0) is 6.92 Å². The van der Waals surface area contributed by atoms with Crippen molar-refractivity contribution in [2.24, 2.45) is 11.5 Å². The van der Waals surface area contributed by atoms with Crippen LogP contribution < -0.4 is 11.5 Å². The number of allylic oxidation sites excluding steroid dienone is 2. The average Bonchev–Trinajstić information content (AvgIpc) is 2.63. The fraction of sp³-hybridized carbons (Fsp3) is 0.455. The molecular weight excluding hydrogens is 202 g/mol. The van der Waals surface area contributed by atoms with E-state index < -0.39 is 0 Å². The van der Waals surface area contributed by atoms with Crippen LogP contribution >= 0.6 is 0 Å². The highest BCUT2D eigenvalue weighted by Gasteiger charge is 2.15. The molecule has 0 aliphatic rings. The Labute approximate surface area is 95.6 Å². The van der Waals surface area contributed by atoms with E-state index in [0.29, 0.717) is 18.8 Å². The molecular formula is C11H19N5. The predicted molar refractivity (Wildman–Crippen MR) is 65.5 cm³/mol. The van der Waals surface area contributed by atoms with Gasteiger partial charge in [0.15, 0.2) is 0 Å². The van der Waals surface area contributed by atoms with Crippen LogP contribution in [0.2, 0.25) is 0 Å². The highest BCUT2D eigenvalue weighted by Crippen LogP contribution is 2.20. The summed E-state index contributed by atoms with van der Waals surface area (Å²) in [6.45, 7) is 5.18. The van der Waals surface area contributed by atoms with E-state index in [1.54, 1.807) is 4.68 Å². The highest BCUT2D eigenvalue weighted by molar-refractivity contribution is 5.94. The van der Waals surface area contributed by atoms with Gasteiger partial charge in [-0.25, -0.2) is 0 Å². The summed E-state index contributed by atoms with van der Waals surface area (Å²) < 4.78 is 1.74. The molecule has 1 atom stereocenters. The standard InChI is InChI=1S/C11H19N5/c1-3-4-8(2)9-7-16(6-5-12)15-10(9)11(13)14/h3-4,7-8H,5-6,12H2,1-2H3,(H3,13,14)/b4-3-. The van der Waals surface area contributed by atoms with E-state index >= 15 is 0 Å². The Balaban J connectivity index is 3.09. The summed E-state index contributed by atoms with van der Waals surface area (Å²) in [4.78, 5) is 0. The molecule has 1 aromatic heterocycles. The zero-order valence-corrected chi connectivity index (χ0v) is 9.77. The lowest BCUT2D eigenvalue weighted by Crippen LogP contribution is -2.16. The Kier molecular flexibility index (Phi) is 4.25. The van der Waals surface area contributed by atoms with Crippen molar-refractivity contribution in [1.82, 2.24) is 9.78 Å². The van der Waals surface area contributed by atoms with Gasteiger partial charge in [-0.3, -0.25) is 10.1 Å². The molecule has 16 heavy (non-hydrogen) atoms. The lowest BCUT2D eigenvalue weighted by Gasteiger charge is -2.04. The summed E-state index contributed by atoms with van der Waals surface area (Å²) in [5, 5.41) is 11.7. The first-order valence-electron chi connectivity index (χ1n) is 5.34. The Morgan fingerprint density at radius 2 is 2.38 bits per heavy atom. The van der Waals surface area contributed by atoms with Gasteiger partial charge in [0.2, 0.25) is 0 Å². The molecule has 0 bridgehead atoms. The van der Waals surface area contributed by atoms with E-state index in [1.807, 2.05) is 19.2 Å². The van der Waals surface area contributed by atoms with Gasteiger partial charge >= 0.3 is 0 Å². The predicted octanol–water partition coefficient (Wildman–Crippen LogP) is 0.805. The van der Waals surface area contributed by atoms with Crippen LogP contribution in [-0.2, 0) is 6.54 Å². The van der Waals surface area contributed by atoms with Gasteiger partial charge in [-0.15, -0.1) is 0 Å². The molecule has 5 nitrogen and oxygen atoms in total. The fourth-order valence-electron chi connectivity index (χ4n) is 1.62. The second kappa shape index (κ2) is 5.46. The maximum absolute atomic E-state index is 7.49. The number of aromatic nitrogens is 2. The van der Waals surface area contributed by atoms with Gasteiger partial charge in [0, 0.05) is 24.2 Å². The van der Waals surface area contributed by atoms with E-state index in [-0.39, 0.29) is 11.8 Å². The van der Waals surface area contributed by atoms with Crippen LogP contribution in [-0.4, -0.2) is 22.2 Å². The van der Waals surface area contributed by atoms with Gasteiger partial charge in [-0.1, -0.05) is 19.1 Å². The van der Waals surface area contributed by atoms with Gasteiger partial charge in [0.1, 0.15) is 11.5 Å². The average molecular weight is 221 g/mol. The van der Waals surface area contributed by atoms with Crippen LogP contribution in [0.25, 0.3) is 0 Å². The zero-order valence-electron chi connectivity index (χ0n) is 9.77. The van der Waals surface area contributed by atoms with E-state index in [4.69, 9.17) is 16.9 Å². The summed E-state index contributed by atoms with van der Waals surface area (Å²) in [5.41, 5.74) is 12.5. The Hall–Kier alpha value is -1.62. The van der Waals surface area contributed by atoms with E-state index in [9.17, 15) is 0 Å². The number of nitrogens with zero attached hydrogens (tertiary/aromatic N) is 2. The smallest absolute Gasteiger partial charge is 0.144 e. The zero-order chi connectivity index (χ0) is 12.1. The topological polar surface area (TPSA) is 93.7 Å². The third-order valence-corrected chi connectivity index (χ3v) is 2.37. The molecule has 0 aromatic carbocycles. The molecule has 0 fully saturated rings. The number of nitrogens with one attached hydrogen (secondary N) is 1. The highest BCUT2D eigenvalue weighted by atomic mass is 15.3. The first-order valence-corrected chi connectivity index (χ1v) is 5.34. The number of hydrogen-bond donors (Lipinski definition) is 3.